The molecule has 1 heterocycles. The molecule has 17 nitrogen and oxygen atoms in total. The van der Waals surface area contributed by atoms with Crippen molar-refractivity contribution in [3.05, 3.63) is 29.8 Å². The van der Waals surface area contributed by atoms with Crippen LogP contribution in [0.1, 0.15) is 57.9 Å². The van der Waals surface area contributed by atoms with E-state index >= 15 is 0 Å². The molecular formula is C36H59N7O10. The molecule has 53 heavy (non-hydrogen) atoms. The van der Waals surface area contributed by atoms with Crippen LogP contribution in [0, 0.1) is 11.8 Å². The highest BCUT2D eigenvalue weighted by molar-refractivity contribution is 5.98. The fraction of sp³-hybridized carbons (Fsp3) is 0.667. The van der Waals surface area contributed by atoms with E-state index in [2.05, 4.69) is 21.3 Å². The summed E-state index contributed by atoms with van der Waals surface area (Å²) in [5, 5.41) is 20.4. The number of rotatable bonds is 24. The number of amides is 5. The van der Waals surface area contributed by atoms with Crippen LogP contribution in [0.3, 0.4) is 0 Å². The molecule has 2 atom stereocenters. The van der Waals surface area contributed by atoms with Crippen LogP contribution in [0.4, 0.5) is 10.5 Å². The third-order valence-electron chi connectivity index (χ3n) is 8.69. The Kier molecular flexibility index (Phi) is 21.0. The molecule has 1 aliphatic heterocycles. The van der Waals surface area contributed by atoms with E-state index in [-0.39, 0.29) is 64.1 Å². The summed E-state index contributed by atoms with van der Waals surface area (Å²) < 4.78 is 16.3. The lowest BCUT2D eigenvalue weighted by molar-refractivity contribution is -0.146. The van der Waals surface area contributed by atoms with Gasteiger partial charge in [0.25, 0.3) is 0 Å². The summed E-state index contributed by atoms with van der Waals surface area (Å²) in [6.45, 7) is 6.72. The van der Waals surface area contributed by atoms with E-state index in [4.69, 9.17) is 25.1 Å². The van der Waals surface area contributed by atoms with Crippen molar-refractivity contribution >= 4 is 41.4 Å². The van der Waals surface area contributed by atoms with Crippen LogP contribution in [-0.4, -0.2) is 136 Å². The zero-order chi connectivity index (χ0) is 39.2. The first-order chi connectivity index (χ1) is 25.4. The number of hydrogen-bond acceptors (Lipinski definition) is 11. The van der Waals surface area contributed by atoms with Crippen molar-refractivity contribution in [2.24, 2.45) is 17.6 Å². The van der Waals surface area contributed by atoms with Crippen LogP contribution in [0.5, 0.6) is 0 Å². The molecule has 1 aromatic rings. The van der Waals surface area contributed by atoms with E-state index < -0.39 is 47.8 Å². The number of likely N-dealkylation sites (tertiary alicyclic amines) is 1. The summed E-state index contributed by atoms with van der Waals surface area (Å²) in [6.07, 6.45) is 1.40. The largest absolute Gasteiger partial charge is 0.481 e. The number of aliphatic carboxylic acids is 1. The number of ether oxygens (including phenoxy) is 3. The number of carboxylic acids is 1. The fourth-order valence-corrected chi connectivity index (χ4v) is 5.36. The van der Waals surface area contributed by atoms with Gasteiger partial charge in [0.05, 0.1) is 38.8 Å². The maximum absolute atomic E-state index is 13.3. The molecule has 5 amide bonds. The second kappa shape index (κ2) is 24.8. The van der Waals surface area contributed by atoms with Gasteiger partial charge in [-0.2, -0.15) is 0 Å². The van der Waals surface area contributed by atoms with Crippen molar-refractivity contribution in [2.45, 2.75) is 71.1 Å². The van der Waals surface area contributed by atoms with Crippen molar-refractivity contribution < 1.29 is 48.1 Å². The molecule has 0 radical (unpaired) electrons. The number of piperidine rings is 1. The minimum atomic E-state index is -0.907. The summed E-state index contributed by atoms with van der Waals surface area (Å²) in [4.78, 5) is 77.9. The Hall–Kier alpha value is -4.32. The maximum Gasteiger partial charge on any atom is 0.409 e. The van der Waals surface area contributed by atoms with Crippen molar-refractivity contribution in [2.75, 3.05) is 78.6 Å². The first-order valence-electron chi connectivity index (χ1n) is 18.2. The number of anilines is 1. The molecule has 0 aromatic heterocycles. The van der Waals surface area contributed by atoms with E-state index in [0.717, 1.165) is 5.56 Å². The number of likely N-dealkylation sites (N-methyl/N-ethyl adjacent to an activating group) is 2. The summed E-state index contributed by atoms with van der Waals surface area (Å²) in [7, 11) is 3.45. The molecule has 0 spiro atoms. The second-order valence-electron chi connectivity index (χ2n) is 13.3. The van der Waals surface area contributed by atoms with Gasteiger partial charge in [-0.3, -0.25) is 24.0 Å². The number of nitrogens with two attached hydrogens (primary N) is 1. The van der Waals surface area contributed by atoms with Gasteiger partial charge in [-0.05, 0) is 62.9 Å². The van der Waals surface area contributed by atoms with Gasteiger partial charge < -0.3 is 56.1 Å². The Balaban J connectivity index is 1.74. The van der Waals surface area contributed by atoms with Gasteiger partial charge in [0.15, 0.2) is 0 Å². The molecule has 1 saturated heterocycles. The van der Waals surface area contributed by atoms with Crippen molar-refractivity contribution in [3.8, 4) is 0 Å². The van der Waals surface area contributed by atoms with Crippen molar-refractivity contribution in [3.63, 3.8) is 0 Å². The van der Waals surface area contributed by atoms with E-state index in [9.17, 15) is 28.8 Å². The molecule has 7 N–H and O–H groups in total. The minimum absolute atomic E-state index is 0.00643. The Labute approximate surface area is 312 Å². The fourth-order valence-electron chi connectivity index (χ4n) is 5.36. The van der Waals surface area contributed by atoms with Gasteiger partial charge in [0.1, 0.15) is 18.7 Å². The van der Waals surface area contributed by atoms with Gasteiger partial charge in [-0.1, -0.05) is 26.0 Å². The highest BCUT2D eigenvalue weighted by Gasteiger charge is 2.29. The summed E-state index contributed by atoms with van der Waals surface area (Å²) in [6, 6.07) is 5.03. The van der Waals surface area contributed by atoms with Crippen molar-refractivity contribution in [1.29, 1.82) is 0 Å². The maximum atomic E-state index is 13.3. The molecule has 2 rings (SSSR count). The first-order valence-corrected chi connectivity index (χ1v) is 18.2. The van der Waals surface area contributed by atoms with Crippen molar-refractivity contribution in [1.82, 2.24) is 25.8 Å². The minimum Gasteiger partial charge on any atom is -0.481 e. The zero-order valence-corrected chi connectivity index (χ0v) is 31.5. The highest BCUT2D eigenvalue weighted by atomic mass is 16.6. The van der Waals surface area contributed by atoms with Gasteiger partial charge in [0.2, 0.25) is 23.6 Å². The normalized spacial score (nSPS) is 14.3. The number of nitrogens with one attached hydrogen (secondary N) is 4. The van der Waals surface area contributed by atoms with Crippen LogP contribution in [-0.2, 0) is 44.8 Å². The predicted molar refractivity (Wildman–Crippen MR) is 197 cm³/mol. The van der Waals surface area contributed by atoms with Gasteiger partial charge in [-0.25, -0.2) is 4.79 Å². The summed E-state index contributed by atoms with van der Waals surface area (Å²) >= 11 is 0. The van der Waals surface area contributed by atoms with E-state index in [1.807, 2.05) is 0 Å². The Morgan fingerprint density at radius 3 is 2.17 bits per heavy atom. The lowest BCUT2D eigenvalue weighted by Crippen LogP contribution is -2.54. The van der Waals surface area contributed by atoms with Crippen LogP contribution >= 0.6 is 0 Å². The number of carboxylic acid groups (broad SMARTS) is 1. The monoisotopic (exact) mass is 749 g/mol. The molecule has 1 aliphatic rings. The Morgan fingerprint density at radius 1 is 0.943 bits per heavy atom. The van der Waals surface area contributed by atoms with Gasteiger partial charge >= 0.3 is 12.1 Å². The van der Waals surface area contributed by atoms with E-state index in [1.165, 1.54) is 4.90 Å². The van der Waals surface area contributed by atoms with Crippen LogP contribution in [0.25, 0.3) is 0 Å². The molecule has 298 valence electrons. The predicted octanol–water partition coefficient (Wildman–Crippen LogP) is 0.914. The number of nitrogens with zero attached hydrogens (tertiary/aromatic N) is 2. The number of hydrogen-bond donors (Lipinski definition) is 6. The van der Waals surface area contributed by atoms with Crippen LogP contribution in [0.15, 0.2) is 24.3 Å². The molecule has 1 fully saturated rings. The lowest BCUT2D eigenvalue weighted by Gasteiger charge is -2.30. The highest BCUT2D eigenvalue weighted by Crippen LogP contribution is 2.18. The van der Waals surface area contributed by atoms with E-state index in [0.29, 0.717) is 57.7 Å². The zero-order valence-electron chi connectivity index (χ0n) is 31.5. The standard InChI is InChI=1S/C36H59N7O10/c1-25(2)32(34(47)39-28-9-7-26(8-10-28)24-53-36(50)42(4)19-16-38-3)41-33(46)29(6-5-15-37)40-30(44)13-20-51-22-23-52-21-14-31(45)43-17-11-27(12-18-43)35(48)49/h7-10,25,27,29,32,38H,5-6,11-24,37H2,1-4H3,(H,39,47)(H,40,44)(H,41,46)(H,48,49). The topological polar surface area (TPSA) is 231 Å². The van der Waals surface area contributed by atoms with Gasteiger partial charge in [0, 0.05) is 45.3 Å². The summed E-state index contributed by atoms with van der Waals surface area (Å²) in [5.41, 5.74) is 6.91. The molecule has 0 aliphatic carbocycles. The SMILES string of the molecule is CNCCN(C)C(=O)OCc1ccc(NC(=O)C(NC(=O)C(CCCN)NC(=O)CCOCCOCCC(=O)N2CCC(C(=O)O)CC2)C(C)C)cc1. The number of carbonyl (C=O) groups is 6. The molecule has 0 bridgehead atoms. The molecule has 2 unspecified atom stereocenters. The molecule has 17 heteroatoms. The van der Waals surface area contributed by atoms with E-state index in [1.54, 1.807) is 57.1 Å². The number of carbonyl (C=O) groups excluding carboxylic acids is 5. The summed E-state index contributed by atoms with van der Waals surface area (Å²) in [5.74, 6) is -2.90. The Bertz CT molecular complexity index is 1310. The average molecular weight is 750 g/mol. The molecular weight excluding hydrogens is 690 g/mol. The first kappa shape index (κ1) is 44.8. The average Bonchev–Trinajstić information content (AvgIpc) is 3.14. The van der Waals surface area contributed by atoms with Crippen LogP contribution < -0.4 is 27.0 Å². The third kappa shape index (κ3) is 17.4. The van der Waals surface area contributed by atoms with Crippen LogP contribution in [0.2, 0.25) is 0 Å². The second-order valence-corrected chi connectivity index (χ2v) is 13.3. The molecule has 1 aromatic carbocycles. The Morgan fingerprint density at radius 2 is 1.58 bits per heavy atom. The third-order valence-corrected chi connectivity index (χ3v) is 8.69. The smallest absolute Gasteiger partial charge is 0.409 e. The molecule has 0 saturated carbocycles. The lowest BCUT2D eigenvalue weighted by atomic mass is 9.97. The number of benzene rings is 1. The quantitative estimate of drug-likeness (QED) is 0.0811. The van der Waals surface area contributed by atoms with Gasteiger partial charge in [-0.15, -0.1) is 0 Å².